The third-order valence-electron chi connectivity index (χ3n) is 3.38. The molecule has 5 heteroatoms. The summed E-state index contributed by atoms with van der Waals surface area (Å²) in [6, 6.07) is 9.25. The van der Waals surface area contributed by atoms with Crippen LogP contribution in [0.4, 0.5) is 4.39 Å². The quantitative estimate of drug-likeness (QED) is 0.854. The Balaban J connectivity index is 2.40. The Kier molecular flexibility index (Phi) is 4.53. The van der Waals surface area contributed by atoms with Crippen molar-refractivity contribution < 1.29 is 9.18 Å². The van der Waals surface area contributed by atoms with Crippen molar-refractivity contribution in [2.45, 2.75) is 19.9 Å². The maximum atomic E-state index is 13.8. The molecule has 21 heavy (non-hydrogen) atoms. The molecule has 0 saturated heterocycles. The second-order valence-corrected chi connectivity index (χ2v) is 5.71. The van der Waals surface area contributed by atoms with Crippen molar-refractivity contribution in [2.24, 2.45) is 11.7 Å². The standard InChI is InChI=1S/C16H17FN2OS/c1-9(2)14(15(18)21)19-16(20)12-7-8-13(17)11-6-4-3-5-10(11)12/h3-9,14H,1-2H3,(H2,18,21)(H,19,20). The number of halogens is 1. The van der Waals surface area contributed by atoms with Gasteiger partial charge in [0.1, 0.15) is 5.82 Å². The number of hydrogen-bond donors (Lipinski definition) is 2. The Hall–Kier alpha value is -2.01. The zero-order valence-corrected chi connectivity index (χ0v) is 12.7. The van der Waals surface area contributed by atoms with Crippen molar-refractivity contribution in [1.29, 1.82) is 0 Å². The molecule has 0 aliphatic heterocycles. The zero-order valence-electron chi connectivity index (χ0n) is 11.9. The predicted octanol–water partition coefficient (Wildman–Crippen LogP) is 3.02. The van der Waals surface area contributed by atoms with E-state index in [4.69, 9.17) is 18.0 Å². The minimum absolute atomic E-state index is 0.0816. The Morgan fingerprint density at radius 1 is 1.19 bits per heavy atom. The summed E-state index contributed by atoms with van der Waals surface area (Å²) in [5.74, 6) is -0.576. The van der Waals surface area contributed by atoms with Gasteiger partial charge in [0.25, 0.3) is 5.91 Å². The van der Waals surface area contributed by atoms with Crippen molar-refractivity contribution in [1.82, 2.24) is 5.32 Å². The van der Waals surface area contributed by atoms with Crippen LogP contribution in [0.1, 0.15) is 24.2 Å². The van der Waals surface area contributed by atoms with Crippen LogP contribution in [0.2, 0.25) is 0 Å². The van der Waals surface area contributed by atoms with Crippen molar-refractivity contribution in [3.05, 3.63) is 47.8 Å². The fourth-order valence-electron chi connectivity index (χ4n) is 2.25. The molecule has 0 fully saturated rings. The molecular formula is C16H17FN2OS. The first-order valence-electron chi connectivity index (χ1n) is 6.69. The summed E-state index contributed by atoms with van der Waals surface area (Å²) in [6.07, 6.45) is 0. The van der Waals surface area contributed by atoms with E-state index in [2.05, 4.69) is 5.32 Å². The highest BCUT2D eigenvalue weighted by molar-refractivity contribution is 7.80. The normalized spacial score (nSPS) is 12.4. The molecule has 0 bridgehead atoms. The number of nitrogens with one attached hydrogen (secondary N) is 1. The fraction of sp³-hybridized carbons (Fsp3) is 0.250. The predicted molar refractivity (Wildman–Crippen MR) is 86.8 cm³/mol. The van der Waals surface area contributed by atoms with Gasteiger partial charge >= 0.3 is 0 Å². The summed E-state index contributed by atoms with van der Waals surface area (Å²) in [5, 5.41) is 3.80. The molecule has 3 N–H and O–H groups in total. The van der Waals surface area contributed by atoms with Gasteiger partial charge in [-0.15, -0.1) is 0 Å². The van der Waals surface area contributed by atoms with Gasteiger partial charge in [0.05, 0.1) is 11.0 Å². The number of fused-ring (bicyclic) bond motifs is 1. The molecule has 0 spiro atoms. The van der Waals surface area contributed by atoms with Crippen molar-refractivity contribution >= 4 is 33.9 Å². The molecule has 1 unspecified atom stereocenters. The van der Waals surface area contributed by atoms with E-state index in [9.17, 15) is 9.18 Å². The van der Waals surface area contributed by atoms with Crippen molar-refractivity contribution in [3.63, 3.8) is 0 Å². The summed E-state index contributed by atoms with van der Waals surface area (Å²) in [6.45, 7) is 3.85. The first kappa shape index (κ1) is 15.4. The maximum absolute atomic E-state index is 13.8. The second-order valence-electron chi connectivity index (χ2n) is 5.24. The number of rotatable bonds is 4. The van der Waals surface area contributed by atoms with Gasteiger partial charge in [-0.2, -0.15) is 0 Å². The Morgan fingerprint density at radius 2 is 1.81 bits per heavy atom. The van der Waals surface area contributed by atoms with Gasteiger partial charge in [-0.1, -0.05) is 50.3 Å². The van der Waals surface area contributed by atoms with Crippen molar-refractivity contribution in [2.75, 3.05) is 0 Å². The number of amides is 1. The minimum Gasteiger partial charge on any atom is -0.392 e. The van der Waals surface area contributed by atoms with Crippen LogP contribution in [0.3, 0.4) is 0 Å². The molecule has 1 amide bonds. The smallest absolute Gasteiger partial charge is 0.252 e. The number of carbonyl (C=O) groups excluding carboxylic acids is 1. The molecule has 2 rings (SSSR count). The van der Waals surface area contributed by atoms with E-state index in [1.54, 1.807) is 24.3 Å². The highest BCUT2D eigenvalue weighted by atomic mass is 32.1. The second kappa shape index (κ2) is 6.18. The zero-order chi connectivity index (χ0) is 15.6. The molecule has 3 nitrogen and oxygen atoms in total. The number of hydrogen-bond acceptors (Lipinski definition) is 2. The van der Waals surface area contributed by atoms with Gasteiger partial charge in [0.2, 0.25) is 0 Å². The van der Waals surface area contributed by atoms with Crippen LogP contribution in [0.15, 0.2) is 36.4 Å². The van der Waals surface area contributed by atoms with Crippen LogP contribution < -0.4 is 11.1 Å². The maximum Gasteiger partial charge on any atom is 0.252 e. The third-order valence-corrected chi connectivity index (χ3v) is 3.63. The van der Waals surface area contributed by atoms with Crippen LogP contribution in [0.5, 0.6) is 0 Å². The first-order valence-corrected chi connectivity index (χ1v) is 7.10. The average molecular weight is 304 g/mol. The lowest BCUT2D eigenvalue weighted by Crippen LogP contribution is -2.46. The van der Waals surface area contributed by atoms with Gasteiger partial charge in [-0.25, -0.2) is 4.39 Å². The van der Waals surface area contributed by atoms with Gasteiger partial charge in [0.15, 0.2) is 0 Å². The van der Waals surface area contributed by atoms with E-state index in [0.717, 1.165) is 0 Å². The Labute approximate surface area is 128 Å². The van der Waals surface area contributed by atoms with Crippen molar-refractivity contribution in [3.8, 4) is 0 Å². The molecule has 2 aromatic rings. The molecule has 2 aromatic carbocycles. The molecule has 0 radical (unpaired) electrons. The molecule has 0 aromatic heterocycles. The summed E-state index contributed by atoms with van der Waals surface area (Å²) in [5.41, 5.74) is 6.07. The fourth-order valence-corrected chi connectivity index (χ4v) is 2.58. The number of benzene rings is 2. The minimum atomic E-state index is -0.392. The van der Waals surface area contributed by atoms with Gasteiger partial charge in [0, 0.05) is 10.9 Å². The number of thiocarbonyl (C=S) groups is 1. The SMILES string of the molecule is CC(C)C(NC(=O)c1ccc(F)c2ccccc12)C(N)=S. The monoisotopic (exact) mass is 304 g/mol. The van der Waals surface area contributed by atoms with Gasteiger partial charge in [-0.3, -0.25) is 4.79 Å². The molecule has 0 saturated carbocycles. The Morgan fingerprint density at radius 3 is 2.38 bits per heavy atom. The summed E-state index contributed by atoms with van der Waals surface area (Å²) >= 11 is 4.98. The van der Waals surface area contributed by atoms with Crippen LogP contribution in [-0.2, 0) is 0 Å². The highest BCUT2D eigenvalue weighted by Crippen LogP contribution is 2.22. The lowest BCUT2D eigenvalue weighted by molar-refractivity contribution is 0.0941. The van der Waals surface area contributed by atoms with Crippen LogP contribution in [0.25, 0.3) is 10.8 Å². The molecule has 110 valence electrons. The summed E-state index contributed by atoms with van der Waals surface area (Å²) in [4.78, 5) is 12.7. The largest absolute Gasteiger partial charge is 0.392 e. The highest BCUT2D eigenvalue weighted by Gasteiger charge is 2.21. The van der Waals surface area contributed by atoms with E-state index in [-0.39, 0.29) is 22.6 Å². The third kappa shape index (κ3) is 3.19. The van der Waals surface area contributed by atoms with E-state index in [1.165, 1.54) is 12.1 Å². The van der Waals surface area contributed by atoms with Crippen LogP contribution in [0, 0.1) is 11.7 Å². The first-order chi connectivity index (χ1) is 9.91. The van der Waals surface area contributed by atoms with E-state index < -0.39 is 6.04 Å². The number of nitrogens with two attached hydrogens (primary N) is 1. The van der Waals surface area contributed by atoms with E-state index >= 15 is 0 Å². The van der Waals surface area contributed by atoms with Crippen LogP contribution in [-0.4, -0.2) is 16.9 Å². The van der Waals surface area contributed by atoms with Gasteiger partial charge in [-0.05, 0) is 23.4 Å². The number of carbonyl (C=O) groups is 1. The van der Waals surface area contributed by atoms with Crippen LogP contribution >= 0.6 is 12.2 Å². The van der Waals surface area contributed by atoms with Gasteiger partial charge < -0.3 is 11.1 Å². The molecule has 0 aliphatic carbocycles. The molecule has 1 atom stereocenters. The van der Waals surface area contributed by atoms with E-state index in [0.29, 0.717) is 16.3 Å². The average Bonchev–Trinajstić information content (AvgIpc) is 2.44. The van der Waals surface area contributed by atoms with E-state index in [1.807, 2.05) is 13.8 Å². The lowest BCUT2D eigenvalue weighted by atomic mass is 10.0. The molecular weight excluding hydrogens is 287 g/mol. The topological polar surface area (TPSA) is 55.1 Å². The molecule has 0 heterocycles. The Bertz CT molecular complexity index is 700. The summed E-state index contributed by atoms with van der Waals surface area (Å²) in [7, 11) is 0. The molecule has 0 aliphatic rings. The summed E-state index contributed by atoms with van der Waals surface area (Å²) < 4.78 is 13.8. The lowest BCUT2D eigenvalue weighted by Gasteiger charge is -2.21.